The van der Waals surface area contributed by atoms with Gasteiger partial charge in [-0.2, -0.15) is 0 Å². The van der Waals surface area contributed by atoms with Gasteiger partial charge >= 0.3 is 0 Å². The molecule has 0 aromatic carbocycles. The van der Waals surface area contributed by atoms with E-state index >= 15 is 0 Å². The van der Waals surface area contributed by atoms with Crippen LogP contribution in [-0.4, -0.2) is 47.7 Å². The molecule has 0 unspecified atom stereocenters. The van der Waals surface area contributed by atoms with Gasteiger partial charge in [0.05, 0.1) is 12.1 Å². The molecule has 3 rings (SSSR count). The van der Waals surface area contributed by atoms with Crippen LogP contribution in [0.3, 0.4) is 0 Å². The summed E-state index contributed by atoms with van der Waals surface area (Å²) in [5, 5.41) is 20.0. The van der Waals surface area contributed by atoms with Crippen molar-refractivity contribution in [1.29, 1.82) is 0 Å². The summed E-state index contributed by atoms with van der Waals surface area (Å²) in [7, 11) is 0. The molecule has 1 aliphatic carbocycles. The number of allylic oxidation sites excluding steroid dienone is 1. The Morgan fingerprint density at radius 2 is 1.96 bits per heavy atom. The molecule has 2 aromatic heterocycles. The number of nitrogens with zero attached hydrogens (tertiary/aromatic N) is 5. The molecule has 23 heavy (non-hydrogen) atoms. The van der Waals surface area contributed by atoms with Crippen molar-refractivity contribution in [3.05, 3.63) is 12.2 Å². The topological polar surface area (TPSA) is 76.7 Å². The first-order valence-corrected chi connectivity index (χ1v) is 9.95. The van der Waals surface area contributed by atoms with Crippen LogP contribution in [0.1, 0.15) is 39.2 Å². The number of aliphatic hydroxyl groups is 1. The molecule has 8 heteroatoms. The Balaban J connectivity index is 2.00. The summed E-state index contributed by atoms with van der Waals surface area (Å²) in [6.45, 7) is 4.30. The Bertz CT molecular complexity index is 702. The van der Waals surface area contributed by atoms with E-state index in [-0.39, 0.29) is 6.04 Å². The van der Waals surface area contributed by atoms with E-state index in [4.69, 9.17) is 0 Å². The minimum atomic E-state index is -0.413. The normalized spacial score (nSPS) is 20.7. The van der Waals surface area contributed by atoms with Crippen LogP contribution in [0.25, 0.3) is 11.2 Å². The first-order chi connectivity index (χ1) is 11.2. The van der Waals surface area contributed by atoms with Crippen molar-refractivity contribution in [2.45, 2.75) is 55.4 Å². The predicted octanol–water partition coefficient (Wildman–Crippen LogP) is 3.09. The molecule has 6 nitrogen and oxygen atoms in total. The summed E-state index contributed by atoms with van der Waals surface area (Å²) in [6.07, 6.45) is 6.15. The predicted molar refractivity (Wildman–Crippen MR) is 93.9 cm³/mol. The van der Waals surface area contributed by atoms with E-state index in [2.05, 4.69) is 34.1 Å². The van der Waals surface area contributed by atoms with Crippen LogP contribution in [0.5, 0.6) is 0 Å². The van der Waals surface area contributed by atoms with E-state index in [9.17, 15) is 5.11 Å². The second-order valence-corrected chi connectivity index (χ2v) is 7.62. The molecule has 2 atom stereocenters. The van der Waals surface area contributed by atoms with Gasteiger partial charge in [-0.05, 0) is 18.6 Å². The molecule has 1 N–H and O–H groups in total. The Hall–Kier alpha value is -1.12. The fourth-order valence-corrected chi connectivity index (χ4v) is 3.98. The van der Waals surface area contributed by atoms with Crippen LogP contribution in [0.2, 0.25) is 0 Å². The van der Waals surface area contributed by atoms with Gasteiger partial charge in [-0.1, -0.05) is 43.0 Å². The highest BCUT2D eigenvalue weighted by molar-refractivity contribution is 7.99. The van der Waals surface area contributed by atoms with Gasteiger partial charge in [-0.15, -0.1) is 16.9 Å². The maximum absolute atomic E-state index is 9.72. The van der Waals surface area contributed by atoms with Gasteiger partial charge in [0.2, 0.25) is 0 Å². The van der Waals surface area contributed by atoms with Gasteiger partial charge in [-0.25, -0.2) is 14.6 Å². The summed E-state index contributed by atoms with van der Waals surface area (Å²) in [5.41, 5.74) is 1.53. The monoisotopic (exact) mass is 351 g/mol. The molecule has 0 aliphatic heterocycles. The molecular weight excluding hydrogens is 330 g/mol. The number of aromatic nitrogens is 5. The molecule has 2 aromatic rings. The molecule has 0 spiro atoms. The molecule has 2 heterocycles. The van der Waals surface area contributed by atoms with E-state index in [0.29, 0.717) is 6.42 Å². The van der Waals surface area contributed by atoms with E-state index in [1.54, 1.807) is 29.6 Å². The van der Waals surface area contributed by atoms with Crippen LogP contribution in [0.15, 0.2) is 22.3 Å². The maximum Gasteiger partial charge on any atom is 0.190 e. The molecule has 1 aliphatic rings. The van der Waals surface area contributed by atoms with Gasteiger partial charge in [0.25, 0.3) is 0 Å². The van der Waals surface area contributed by atoms with Crippen molar-refractivity contribution < 1.29 is 5.11 Å². The number of fused-ring (bicyclic) bond motifs is 1. The average Bonchev–Trinajstić information content (AvgIpc) is 3.16. The fraction of sp³-hybridized carbons (Fsp3) is 0.600. The number of rotatable bonds is 7. The third-order valence-corrected chi connectivity index (χ3v) is 5.73. The SMILES string of the molecule is CCCSc1nc(SCCC)c2nnn([C@H]3C=C[C@@H](O)C3)c2n1. The van der Waals surface area contributed by atoms with Gasteiger partial charge in [0.15, 0.2) is 16.3 Å². The summed E-state index contributed by atoms with van der Waals surface area (Å²) in [4.78, 5) is 9.33. The average molecular weight is 352 g/mol. The Kier molecular flexibility index (Phi) is 5.55. The smallest absolute Gasteiger partial charge is 0.190 e. The van der Waals surface area contributed by atoms with Crippen LogP contribution in [-0.2, 0) is 0 Å². The first-order valence-electron chi connectivity index (χ1n) is 7.97. The van der Waals surface area contributed by atoms with Crippen LogP contribution >= 0.6 is 23.5 Å². The van der Waals surface area contributed by atoms with Crippen molar-refractivity contribution in [1.82, 2.24) is 25.0 Å². The first kappa shape index (κ1) is 16.7. The van der Waals surface area contributed by atoms with Gasteiger partial charge in [0, 0.05) is 12.2 Å². The van der Waals surface area contributed by atoms with Crippen LogP contribution < -0.4 is 0 Å². The molecule has 0 amide bonds. The Morgan fingerprint density at radius 1 is 1.17 bits per heavy atom. The second kappa shape index (κ2) is 7.63. The quantitative estimate of drug-likeness (QED) is 0.355. The molecule has 124 valence electrons. The van der Waals surface area contributed by atoms with E-state index in [0.717, 1.165) is 45.7 Å². The Morgan fingerprint density at radius 3 is 2.65 bits per heavy atom. The molecule has 0 radical (unpaired) electrons. The second-order valence-electron chi connectivity index (χ2n) is 5.47. The van der Waals surface area contributed by atoms with E-state index in [1.807, 2.05) is 10.8 Å². The third kappa shape index (κ3) is 3.70. The van der Waals surface area contributed by atoms with E-state index < -0.39 is 6.10 Å². The third-order valence-electron chi connectivity index (χ3n) is 3.50. The van der Waals surface area contributed by atoms with Crippen molar-refractivity contribution in [3.8, 4) is 0 Å². The molecule has 0 saturated carbocycles. The summed E-state index contributed by atoms with van der Waals surface area (Å²) in [5.74, 6) is 1.99. The Labute approximate surface area is 144 Å². The lowest BCUT2D eigenvalue weighted by molar-refractivity contribution is 0.208. The lowest BCUT2D eigenvalue weighted by atomic mass is 10.2. The highest BCUT2D eigenvalue weighted by Crippen LogP contribution is 2.30. The van der Waals surface area contributed by atoms with Crippen molar-refractivity contribution >= 4 is 34.7 Å². The highest BCUT2D eigenvalue weighted by Gasteiger charge is 2.24. The zero-order chi connectivity index (χ0) is 16.2. The number of thioether (sulfide) groups is 2. The van der Waals surface area contributed by atoms with Gasteiger partial charge in [0.1, 0.15) is 5.03 Å². The van der Waals surface area contributed by atoms with Crippen molar-refractivity contribution in [2.75, 3.05) is 11.5 Å². The lowest BCUT2D eigenvalue weighted by Crippen LogP contribution is -2.10. The molecule has 0 bridgehead atoms. The fourth-order valence-electron chi connectivity index (χ4n) is 2.41. The standard InChI is InChI=1S/C15H21N5OS2/c1-3-7-22-14-12-13(16-15(17-14)23-8-4-2)20(19-18-12)10-5-6-11(21)9-10/h5-6,10-11,21H,3-4,7-9H2,1-2H3/t10-,11+/m0/s1. The number of hydrogen-bond acceptors (Lipinski definition) is 7. The van der Waals surface area contributed by atoms with Crippen LogP contribution in [0.4, 0.5) is 0 Å². The van der Waals surface area contributed by atoms with Crippen LogP contribution in [0, 0.1) is 0 Å². The zero-order valence-corrected chi connectivity index (χ0v) is 15.0. The summed E-state index contributed by atoms with van der Waals surface area (Å²) < 4.78 is 1.82. The zero-order valence-electron chi connectivity index (χ0n) is 13.3. The van der Waals surface area contributed by atoms with Gasteiger partial charge in [-0.3, -0.25) is 0 Å². The summed E-state index contributed by atoms with van der Waals surface area (Å²) in [6, 6.07) is 0.0120. The summed E-state index contributed by atoms with van der Waals surface area (Å²) >= 11 is 3.37. The molecule has 0 fully saturated rings. The number of aliphatic hydroxyl groups excluding tert-OH is 1. The number of hydrogen-bond donors (Lipinski definition) is 1. The minimum Gasteiger partial charge on any atom is -0.389 e. The van der Waals surface area contributed by atoms with Crippen molar-refractivity contribution in [3.63, 3.8) is 0 Å². The van der Waals surface area contributed by atoms with E-state index in [1.165, 1.54) is 0 Å². The highest BCUT2D eigenvalue weighted by atomic mass is 32.2. The lowest BCUT2D eigenvalue weighted by Gasteiger charge is -2.10. The molecular formula is C15H21N5OS2. The largest absolute Gasteiger partial charge is 0.389 e. The van der Waals surface area contributed by atoms with Gasteiger partial charge < -0.3 is 5.11 Å². The van der Waals surface area contributed by atoms with Crippen molar-refractivity contribution in [2.24, 2.45) is 0 Å². The molecule has 0 saturated heterocycles. The minimum absolute atomic E-state index is 0.0120. The maximum atomic E-state index is 9.72.